The van der Waals surface area contributed by atoms with Gasteiger partial charge in [-0.05, 0) is 62.9 Å². The van der Waals surface area contributed by atoms with Crippen LogP contribution in [0.1, 0.15) is 43.4 Å². The Kier molecular flexibility index (Phi) is 11.0. The fourth-order valence-electron chi connectivity index (χ4n) is 5.51. The number of carbonyl (C=O) groups excluding carboxylic acids is 1. The van der Waals surface area contributed by atoms with Crippen LogP contribution in [0.4, 0.5) is 4.79 Å². The van der Waals surface area contributed by atoms with E-state index >= 15 is 0 Å². The Balaban J connectivity index is 1.30. The third-order valence-electron chi connectivity index (χ3n) is 7.65. The number of benzene rings is 2. The van der Waals surface area contributed by atoms with E-state index in [2.05, 4.69) is 64.9 Å². The first kappa shape index (κ1) is 28.1. The lowest BCUT2D eigenvalue weighted by molar-refractivity contribution is 0.0522. The van der Waals surface area contributed by atoms with Crippen LogP contribution in [-0.4, -0.2) is 74.4 Å². The van der Waals surface area contributed by atoms with Crippen molar-refractivity contribution in [2.45, 2.75) is 44.7 Å². The molecule has 2 fully saturated rings. The molecule has 2 amide bonds. The van der Waals surface area contributed by atoms with E-state index in [0.717, 1.165) is 57.4 Å². The van der Waals surface area contributed by atoms with Crippen molar-refractivity contribution in [3.05, 3.63) is 83.6 Å². The Bertz CT molecular complexity index is 986. The van der Waals surface area contributed by atoms with Gasteiger partial charge in [0.1, 0.15) is 0 Å². The molecule has 7 heteroatoms. The van der Waals surface area contributed by atoms with Gasteiger partial charge in [-0.25, -0.2) is 4.79 Å². The Labute approximate surface area is 228 Å². The van der Waals surface area contributed by atoms with E-state index in [1.54, 1.807) is 0 Å². The van der Waals surface area contributed by atoms with Crippen LogP contribution in [0.3, 0.4) is 0 Å². The third kappa shape index (κ3) is 8.58. The van der Waals surface area contributed by atoms with E-state index in [-0.39, 0.29) is 18.1 Å². The number of likely N-dealkylation sites (tertiary alicyclic amines) is 1. The van der Waals surface area contributed by atoms with Crippen molar-refractivity contribution < 1.29 is 9.53 Å². The van der Waals surface area contributed by atoms with Crippen LogP contribution < -0.4 is 16.4 Å². The van der Waals surface area contributed by atoms with E-state index in [1.165, 1.54) is 11.3 Å². The first-order valence-electron chi connectivity index (χ1n) is 14.3. The Morgan fingerprint density at radius 3 is 2.34 bits per heavy atom. The molecule has 38 heavy (non-hydrogen) atoms. The third-order valence-corrected chi connectivity index (χ3v) is 7.65. The fraction of sp³-hybridized carbons (Fsp3) is 0.516. The average Bonchev–Trinajstić information content (AvgIpc) is 2.96. The lowest BCUT2D eigenvalue weighted by Gasteiger charge is -2.35. The van der Waals surface area contributed by atoms with Crippen LogP contribution in [0.2, 0.25) is 0 Å². The van der Waals surface area contributed by atoms with Gasteiger partial charge in [0, 0.05) is 43.8 Å². The van der Waals surface area contributed by atoms with Crippen LogP contribution in [0.25, 0.3) is 0 Å². The maximum atomic E-state index is 12.9. The van der Waals surface area contributed by atoms with Crippen molar-refractivity contribution in [2.24, 2.45) is 11.7 Å². The van der Waals surface area contributed by atoms with Crippen molar-refractivity contribution in [3.63, 3.8) is 0 Å². The van der Waals surface area contributed by atoms with Gasteiger partial charge in [-0.2, -0.15) is 0 Å². The molecule has 2 aromatic rings. The molecule has 0 aliphatic carbocycles. The highest BCUT2D eigenvalue weighted by Crippen LogP contribution is 2.25. The molecule has 2 aromatic carbocycles. The second-order valence-electron chi connectivity index (χ2n) is 10.4. The van der Waals surface area contributed by atoms with Gasteiger partial charge in [0.15, 0.2) is 0 Å². The molecule has 206 valence electrons. The van der Waals surface area contributed by atoms with Crippen molar-refractivity contribution in [1.29, 1.82) is 0 Å². The minimum atomic E-state index is -0.00234. The van der Waals surface area contributed by atoms with Crippen molar-refractivity contribution in [2.75, 3.05) is 52.5 Å². The SMILES string of the molecule is CCN/C(=C\C(N)Cc1ccccc1)C1CCN(CCC(NC(=O)N2CCOCC2)c2ccccc2)CC1. The molecule has 2 aliphatic rings. The molecule has 2 heterocycles. The van der Waals surface area contributed by atoms with E-state index < -0.39 is 0 Å². The molecule has 4 rings (SSSR count). The summed E-state index contributed by atoms with van der Waals surface area (Å²) >= 11 is 0. The summed E-state index contributed by atoms with van der Waals surface area (Å²) in [5, 5.41) is 6.91. The number of allylic oxidation sites excluding steroid dienone is 1. The van der Waals surface area contributed by atoms with Gasteiger partial charge >= 0.3 is 6.03 Å². The van der Waals surface area contributed by atoms with E-state index in [9.17, 15) is 4.79 Å². The number of hydrogen-bond acceptors (Lipinski definition) is 5. The van der Waals surface area contributed by atoms with Crippen LogP contribution >= 0.6 is 0 Å². The normalized spacial score (nSPS) is 19.1. The number of nitrogens with one attached hydrogen (secondary N) is 2. The molecule has 0 spiro atoms. The summed E-state index contributed by atoms with van der Waals surface area (Å²) in [7, 11) is 0. The average molecular weight is 520 g/mol. The van der Waals surface area contributed by atoms with Crippen molar-refractivity contribution >= 4 is 6.03 Å². The smallest absolute Gasteiger partial charge is 0.318 e. The van der Waals surface area contributed by atoms with E-state index in [1.807, 2.05) is 29.2 Å². The summed E-state index contributed by atoms with van der Waals surface area (Å²) < 4.78 is 5.41. The molecule has 2 aliphatic heterocycles. The number of morpholine rings is 1. The second-order valence-corrected chi connectivity index (χ2v) is 10.4. The summed E-state index contributed by atoms with van der Waals surface area (Å²) in [6.07, 6.45) is 6.23. The Hall–Kier alpha value is -2.87. The predicted octanol–water partition coefficient (Wildman–Crippen LogP) is 3.94. The molecule has 2 atom stereocenters. The largest absolute Gasteiger partial charge is 0.389 e. The van der Waals surface area contributed by atoms with Gasteiger partial charge in [0.25, 0.3) is 0 Å². The zero-order valence-corrected chi connectivity index (χ0v) is 22.9. The van der Waals surface area contributed by atoms with Crippen LogP contribution in [0, 0.1) is 5.92 Å². The standard InChI is InChI=1S/C31H45N5O2/c1-2-33-30(24-28(32)23-25-9-5-3-6-10-25)27-13-16-35(17-14-27)18-15-29(26-11-7-4-8-12-26)34-31(37)36-19-21-38-22-20-36/h3-12,24,27-29,33H,2,13-23,32H2,1H3,(H,34,37)/b30-24-. The Morgan fingerprint density at radius 2 is 1.68 bits per heavy atom. The number of carbonyl (C=O) groups is 1. The summed E-state index contributed by atoms with van der Waals surface area (Å²) in [6.45, 7) is 8.66. The summed E-state index contributed by atoms with van der Waals surface area (Å²) in [5.41, 5.74) is 10.3. The van der Waals surface area contributed by atoms with Crippen LogP contribution in [0.15, 0.2) is 72.4 Å². The van der Waals surface area contributed by atoms with E-state index in [0.29, 0.717) is 32.2 Å². The highest BCUT2D eigenvalue weighted by atomic mass is 16.5. The van der Waals surface area contributed by atoms with Crippen molar-refractivity contribution in [1.82, 2.24) is 20.4 Å². The van der Waals surface area contributed by atoms with Gasteiger partial charge in [0.2, 0.25) is 0 Å². The summed E-state index contributed by atoms with van der Waals surface area (Å²) in [6, 6.07) is 20.8. The van der Waals surface area contributed by atoms with Gasteiger partial charge in [-0.15, -0.1) is 0 Å². The lowest BCUT2D eigenvalue weighted by Crippen LogP contribution is -2.47. The van der Waals surface area contributed by atoms with Gasteiger partial charge in [-0.1, -0.05) is 60.7 Å². The number of amides is 2. The second kappa shape index (κ2) is 14.9. The van der Waals surface area contributed by atoms with Crippen molar-refractivity contribution in [3.8, 4) is 0 Å². The van der Waals surface area contributed by atoms with Gasteiger partial charge in [0.05, 0.1) is 19.3 Å². The zero-order valence-electron chi connectivity index (χ0n) is 22.9. The molecular formula is C31H45N5O2. The van der Waals surface area contributed by atoms with E-state index in [4.69, 9.17) is 10.5 Å². The lowest BCUT2D eigenvalue weighted by atomic mass is 9.91. The number of nitrogens with zero attached hydrogens (tertiary/aromatic N) is 2. The topological polar surface area (TPSA) is 82.9 Å². The Morgan fingerprint density at radius 1 is 1.03 bits per heavy atom. The minimum Gasteiger partial charge on any atom is -0.389 e. The monoisotopic (exact) mass is 519 g/mol. The molecule has 2 saturated heterocycles. The molecule has 0 saturated carbocycles. The molecular weight excluding hydrogens is 474 g/mol. The number of ether oxygens (including phenoxy) is 1. The van der Waals surface area contributed by atoms with Crippen LogP contribution in [0.5, 0.6) is 0 Å². The maximum Gasteiger partial charge on any atom is 0.318 e. The molecule has 2 unspecified atom stereocenters. The summed E-state index contributed by atoms with van der Waals surface area (Å²) in [5.74, 6) is 0.513. The van der Waals surface area contributed by atoms with Gasteiger partial charge < -0.3 is 30.9 Å². The minimum absolute atomic E-state index is 0.00234. The first-order valence-corrected chi connectivity index (χ1v) is 14.3. The quantitative estimate of drug-likeness (QED) is 0.419. The molecule has 7 nitrogen and oxygen atoms in total. The number of rotatable bonds is 11. The highest BCUT2D eigenvalue weighted by molar-refractivity contribution is 5.74. The van der Waals surface area contributed by atoms with Crippen LogP contribution in [-0.2, 0) is 11.2 Å². The number of nitrogens with two attached hydrogens (primary N) is 1. The predicted molar refractivity (Wildman–Crippen MR) is 154 cm³/mol. The first-order chi connectivity index (χ1) is 18.6. The summed E-state index contributed by atoms with van der Waals surface area (Å²) in [4.78, 5) is 17.3. The molecule has 0 aromatic heterocycles. The number of urea groups is 1. The highest BCUT2D eigenvalue weighted by Gasteiger charge is 2.25. The molecule has 0 radical (unpaired) electrons. The zero-order chi connectivity index (χ0) is 26.6. The molecule has 4 N–H and O–H groups in total. The number of piperidine rings is 1. The molecule has 0 bridgehead atoms. The maximum absolute atomic E-state index is 12.9. The number of hydrogen-bond donors (Lipinski definition) is 3. The fourth-order valence-corrected chi connectivity index (χ4v) is 5.51. The van der Waals surface area contributed by atoms with Gasteiger partial charge in [-0.3, -0.25) is 0 Å².